The third-order valence-corrected chi connectivity index (χ3v) is 2.96. The van der Waals surface area contributed by atoms with Crippen LogP contribution in [0.15, 0.2) is 66.9 Å². The summed E-state index contributed by atoms with van der Waals surface area (Å²) in [5, 5.41) is 4.16. The van der Waals surface area contributed by atoms with E-state index >= 15 is 0 Å². The van der Waals surface area contributed by atoms with Crippen molar-refractivity contribution in [2.45, 2.75) is 0 Å². The minimum Gasteiger partial charge on any atom is -0.287 e. The van der Waals surface area contributed by atoms with Crippen LogP contribution in [0.2, 0.25) is 0 Å². The number of rotatable bonds is 3. The smallest absolute Gasteiger partial charge is 0.211 e. The molecule has 0 saturated heterocycles. The lowest BCUT2D eigenvalue weighted by Crippen LogP contribution is -2.10. The van der Waals surface area contributed by atoms with Crippen LogP contribution in [0.5, 0.6) is 0 Å². The van der Waals surface area contributed by atoms with Gasteiger partial charge in [-0.05, 0) is 30.3 Å². The average Bonchev–Trinajstić information content (AvgIpc) is 2.97. The van der Waals surface area contributed by atoms with Crippen molar-refractivity contribution in [3.63, 3.8) is 0 Å². The van der Waals surface area contributed by atoms with E-state index in [0.29, 0.717) is 11.3 Å². The van der Waals surface area contributed by atoms with Gasteiger partial charge in [0.15, 0.2) is 0 Å². The predicted molar refractivity (Wildman–Crippen MR) is 73.4 cm³/mol. The van der Waals surface area contributed by atoms with E-state index in [1.54, 1.807) is 23.0 Å². The zero-order valence-electron chi connectivity index (χ0n) is 10.5. The average molecular weight is 266 g/mol. The van der Waals surface area contributed by atoms with Gasteiger partial charge in [0.2, 0.25) is 5.78 Å². The zero-order valence-corrected chi connectivity index (χ0v) is 10.5. The first kappa shape index (κ1) is 12.3. The molecular weight excluding hydrogens is 255 g/mol. The maximum absolute atomic E-state index is 13.2. The molecule has 2 aromatic carbocycles. The van der Waals surface area contributed by atoms with Gasteiger partial charge < -0.3 is 0 Å². The molecule has 4 heteroatoms. The van der Waals surface area contributed by atoms with Crippen LogP contribution in [0, 0.1) is 5.82 Å². The lowest BCUT2D eigenvalue weighted by Gasteiger charge is -2.06. The van der Waals surface area contributed by atoms with Crippen molar-refractivity contribution in [2.24, 2.45) is 0 Å². The number of carbonyl (C=O) groups is 1. The number of para-hydroxylation sites is 1. The van der Waals surface area contributed by atoms with E-state index in [2.05, 4.69) is 5.10 Å². The van der Waals surface area contributed by atoms with Gasteiger partial charge in [-0.1, -0.05) is 30.3 Å². The van der Waals surface area contributed by atoms with E-state index in [1.165, 1.54) is 18.2 Å². The van der Waals surface area contributed by atoms with E-state index in [4.69, 9.17) is 0 Å². The molecule has 0 aliphatic heterocycles. The summed E-state index contributed by atoms with van der Waals surface area (Å²) in [5.74, 6) is -0.688. The summed E-state index contributed by atoms with van der Waals surface area (Å²) in [4.78, 5) is 12.4. The first-order chi connectivity index (χ1) is 9.75. The molecule has 0 atom stereocenters. The van der Waals surface area contributed by atoms with Crippen molar-refractivity contribution in [1.29, 1.82) is 0 Å². The molecule has 1 heterocycles. The highest BCUT2D eigenvalue weighted by Gasteiger charge is 2.15. The second-order valence-corrected chi connectivity index (χ2v) is 4.30. The van der Waals surface area contributed by atoms with Crippen molar-refractivity contribution in [2.75, 3.05) is 0 Å². The molecule has 0 spiro atoms. The molecule has 0 aliphatic rings. The molecule has 98 valence electrons. The number of hydrogen-bond donors (Lipinski definition) is 0. The molecule has 0 aliphatic carbocycles. The van der Waals surface area contributed by atoms with Gasteiger partial charge in [0.05, 0.1) is 11.9 Å². The molecule has 3 aromatic rings. The monoisotopic (exact) mass is 266 g/mol. The molecule has 3 nitrogen and oxygen atoms in total. The van der Waals surface area contributed by atoms with Crippen molar-refractivity contribution in [3.05, 3.63) is 83.9 Å². The maximum atomic E-state index is 13.2. The summed E-state index contributed by atoms with van der Waals surface area (Å²) in [6, 6.07) is 16.6. The van der Waals surface area contributed by atoms with E-state index in [9.17, 15) is 9.18 Å². The molecule has 20 heavy (non-hydrogen) atoms. The number of nitrogens with zero attached hydrogens (tertiary/aromatic N) is 2. The van der Waals surface area contributed by atoms with Crippen LogP contribution in [0.3, 0.4) is 0 Å². The fourth-order valence-electron chi connectivity index (χ4n) is 2.03. The summed E-state index contributed by atoms with van der Waals surface area (Å²) in [6.07, 6.45) is 1.56. The Morgan fingerprint density at radius 3 is 2.55 bits per heavy atom. The highest BCUT2D eigenvalue weighted by molar-refractivity contribution is 6.08. The largest absolute Gasteiger partial charge is 0.287 e. The Balaban J connectivity index is 2.04. The molecule has 1 aromatic heterocycles. The van der Waals surface area contributed by atoms with Crippen LogP contribution in [0.1, 0.15) is 16.1 Å². The molecule has 0 bridgehead atoms. The summed E-state index contributed by atoms with van der Waals surface area (Å²) in [5.41, 5.74) is 1.50. The van der Waals surface area contributed by atoms with Crippen LogP contribution in [-0.2, 0) is 0 Å². The number of ketones is 1. The number of carbonyl (C=O) groups excluding carboxylic acids is 1. The van der Waals surface area contributed by atoms with Crippen molar-refractivity contribution in [3.8, 4) is 5.69 Å². The zero-order chi connectivity index (χ0) is 13.9. The second-order valence-electron chi connectivity index (χ2n) is 4.30. The maximum Gasteiger partial charge on any atom is 0.211 e. The third-order valence-electron chi connectivity index (χ3n) is 2.96. The van der Waals surface area contributed by atoms with E-state index in [1.807, 2.05) is 30.3 Å². The van der Waals surface area contributed by atoms with Gasteiger partial charge in [-0.15, -0.1) is 0 Å². The fraction of sp³-hybridized carbons (Fsp3) is 0. The van der Waals surface area contributed by atoms with Gasteiger partial charge in [0.1, 0.15) is 11.5 Å². The van der Waals surface area contributed by atoms with E-state index in [0.717, 1.165) is 5.69 Å². The van der Waals surface area contributed by atoms with Crippen molar-refractivity contribution >= 4 is 5.78 Å². The first-order valence-electron chi connectivity index (χ1n) is 6.15. The third kappa shape index (κ3) is 2.23. The summed E-state index contributed by atoms with van der Waals surface area (Å²) in [6.45, 7) is 0. The predicted octanol–water partition coefficient (Wildman–Crippen LogP) is 3.24. The highest BCUT2D eigenvalue weighted by Crippen LogP contribution is 2.15. The molecule has 0 unspecified atom stereocenters. The Morgan fingerprint density at radius 2 is 1.80 bits per heavy atom. The quantitative estimate of drug-likeness (QED) is 0.682. The SMILES string of the molecule is O=C(c1cccc(F)c1)c1ccnn1-c1ccccc1. The van der Waals surface area contributed by atoms with Crippen LogP contribution in [-0.4, -0.2) is 15.6 Å². The van der Waals surface area contributed by atoms with Crippen LogP contribution in [0.4, 0.5) is 4.39 Å². The lowest BCUT2D eigenvalue weighted by molar-refractivity contribution is 0.103. The molecule has 0 saturated carbocycles. The van der Waals surface area contributed by atoms with Crippen LogP contribution >= 0.6 is 0 Å². The van der Waals surface area contributed by atoms with Gasteiger partial charge in [0.25, 0.3) is 0 Å². The number of benzene rings is 2. The number of hydrogen-bond acceptors (Lipinski definition) is 2. The highest BCUT2D eigenvalue weighted by atomic mass is 19.1. The van der Waals surface area contributed by atoms with Crippen LogP contribution in [0.25, 0.3) is 5.69 Å². The topological polar surface area (TPSA) is 34.9 Å². The van der Waals surface area contributed by atoms with Gasteiger partial charge in [-0.25, -0.2) is 9.07 Å². The van der Waals surface area contributed by atoms with Gasteiger partial charge in [0, 0.05) is 5.56 Å². The summed E-state index contributed by atoms with van der Waals surface area (Å²) in [7, 11) is 0. The Bertz CT molecular complexity index is 750. The Morgan fingerprint density at radius 1 is 1.00 bits per heavy atom. The lowest BCUT2D eigenvalue weighted by atomic mass is 10.1. The van der Waals surface area contributed by atoms with Gasteiger partial charge in [-0.3, -0.25) is 4.79 Å². The van der Waals surface area contributed by atoms with Gasteiger partial charge >= 0.3 is 0 Å². The summed E-state index contributed by atoms with van der Waals surface area (Å²) < 4.78 is 14.8. The Kier molecular flexibility index (Phi) is 3.13. The Hall–Kier alpha value is -2.75. The number of aromatic nitrogens is 2. The molecule has 0 fully saturated rings. The van der Waals surface area contributed by atoms with Crippen molar-refractivity contribution < 1.29 is 9.18 Å². The minimum absolute atomic E-state index is 0.258. The van der Waals surface area contributed by atoms with Gasteiger partial charge in [-0.2, -0.15) is 5.10 Å². The normalized spacial score (nSPS) is 10.4. The standard InChI is InChI=1S/C16H11FN2O/c17-13-6-4-5-12(11-13)16(20)15-9-10-18-19(15)14-7-2-1-3-8-14/h1-11H. The molecule has 0 amide bonds. The van der Waals surface area contributed by atoms with E-state index < -0.39 is 5.82 Å². The fourth-order valence-corrected chi connectivity index (χ4v) is 2.03. The minimum atomic E-state index is -0.429. The van der Waals surface area contributed by atoms with Crippen LogP contribution < -0.4 is 0 Å². The molecule has 3 rings (SSSR count). The molecular formula is C16H11FN2O. The van der Waals surface area contributed by atoms with Crippen molar-refractivity contribution in [1.82, 2.24) is 9.78 Å². The summed E-state index contributed by atoms with van der Waals surface area (Å²) >= 11 is 0. The van der Waals surface area contributed by atoms with E-state index in [-0.39, 0.29) is 5.78 Å². The molecule has 0 radical (unpaired) electrons. The second kappa shape index (κ2) is 5.09. The molecule has 0 N–H and O–H groups in total. The first-order valence-corrected chi connectivity index (χ1v) is 6.15. The number of halogens is 1. The Labute approximate surface area is 115 Å².